The largest absolute Gasteiger partial charge is 0.351 e. The van der Waals surface area contributed by atoms with Crippen molar-refractivity contribution < 1.29 is 13.2 Å². The molecule has 0 atom stereocenters. The first-order valence-corrected chi connectivity index (χ1v) is 8.33. The van der Waals surface area contributed by atoms with Crippen molar-refractivity contribution in [3.05, 3.63) is 65.7 Å². The number of hydrogen-bond acceptors (Lipinski definition) is 3. The molecule has 0 aliphatic carbocycles. The zero-order valence-corrected chi connectivity index (χ0v) is 13.1. The number of amides is 1. The van der Waals surface area contributed by atoms with Crippen molar-refractivity contribution in [1.29, 1.82) is 0 Å². The standard InChI is InChI=1S/C16H18N2O3S/c1-13-7-9-14(10-8-13)11-17-16(19)12-18-22(20,21)15-5-3-2-4-6-15/h2-10,18H,11-12H2,1H3,(H,17,19). The number of carbonyl (C=O) groups is 1. The third-order valence-corrected chi connectivity index (χ3v) is 4.50. The van der Waals surface area contributed by atoms with Gasteiger partial charge in [-0.2, -0.15) is 0 Å². The van der Waals surface area contributed by atoms with Crippen molar-refractivity contribution in [2.24, 2.45) is 0 Å². The van der Waals surface area contributed by atoms with E-state index in [1.807, 2.05) is 31.2 Å². The highest BCUT2D eigenvalue weighted by atomic mass is 32.2. The van der Waals surface area contributed by atoms with Crippen molar-refractivity contribution in [3.63, 3.8) is 0 Å². The SMILES string of the molecule is Cc1ccc(CNC(=O)CNS(=O)(=O)c2ccccc2)cc1. The van der Waals surface area contributed by atoms with Gasteiger partial charge in [-0.25, -0.2) is 13.1 Å². The first-order chi connectivity index (χ1) is 10.5. The van der Waals surface area contributed by atoms with Gasteiger partial charge in [0.25, 0.3) is 0 Å². The lowest BCUT2D eigenvalue weighted by Gasteiger charge is -2.08. The molecule has 0 aromatic heterocycles. The number of rotatable bonds is 6. The van der Waals surface area contributed by atoms with Gasteiger partial charge in [0.15, 0.2) is 0 Å². The molecule has 22 heavy (non-hydrogen) atoms. The summed E-state index contributed by atoms with van der Waals surface area (Å²) in [6.45, 7) is 2.07. The van der Waals surface area contributed by atoms with Crippen LogP contribution in [0.4, 0.5) is 0 Å². The molecule has 0 radical (unpaired) electrons. The second-order valence-electron chi connectivity index (χ2n) is 4.90. The minimum atomic E-state index is -3.65. The monoisotopic (exact) mass is 318 g/mol. The Morgan fingerprint density at radius 3 is 2.27 bits per heavy atom. The lowest BCUT2D eigenvalue weighted by molar-refractivity contribution is -0.120. The van der Waals surface area contributed by atoms with Crippen LogP contribution in [-0.4, -0.2) is 20.9 Å². The average molecular weight is 318 g/mol. The van der Waals surface area contributed by atoms with Crippen LogP contribution in [0, 0.1) is 6.92 Å². The maximum Gasteiger partial charge on any atom is 0.241 e. The van der Waals surface area contributed by atoms with Gasteiger partial charge in [0.2, 0.25) is 15.9 Å². The van der Waals surface area contributed by atoms with Gasteiger partial charge in [-0.05, 0) is 24.6 Å². The second-order valence-corrected chi connectivity index (χ2v) is 6.67. The highest BCUT2D eigenvalue weighted by molar-refractivity contribution is 7.89. The lowest BCUT2D eigenvalue weighted by Crippen LogP contribution is -2.36. The molecule has 1 amide bonds. The fourth-order valence-electron chi connectivity index (χ4n) is 1.81. The zero-order chi connectivity index (χ0) is 16.0. The van der Waals surface area contributed by atoms with Crippen LogP contribution in [0.5, 0.6) is 0 Å². The van der Waals surface area contributed by atoms with Crippen LogP contribution in [0.15, 0.2) is 59.5 Å². The smallest absolute Gasteiger partial charge is 0.241 e. The molecule has 0 saturated carbocycles. The van der Waals surface area contributed by atoms with Crippen molar-refractivity contribution >= 4 is 15.9 Å². The van der Waals surface area contributed by atoms with E-state index in [4.69, 9.17) is 0 Å². The van der Waals surface area contributed by atoms with E-state index in [1.54, 1.807) is 18.2 Å². The van der Waals surface area contributed by atoms with Crippen molar-refractivity contribution in [1.82, 2.24) is 10.0 Å². The van der Waals surface area contributed by atoms with Crippen LogP contribution in [-0.2, 0) is 21.4 Å². The third kappa shape index (κ3) is 4.68. The van der Waals surface area contributed by atoms with E-state index in [2.05, 4.69) is 10.0 Å². The lowest BCUT2D eigenvalue weighted by atomic mass is 10.1. The maximum absolute atomic E-state index is 12.0. The fourth-order valence-corrected chi connectivity index (χ4v) is 2.82. The van der Waals surface area contributed by atoms with Crippen molar-refractivity contribution in [2.75, 3.05) is 6.54 Å². The normalized spacial score (nSPS) is 11.1. The first-order valence-electron chi connectivity index (χ1n) is 6.84. The van der Waals surface area contributed by atoms with E-state index in [9.17, 15) is 13.2 Å². The van der Waals surface area contributed by atoms with E-state index in [0.717, 1.165) is 11.1 Å². The predicted molar refractivity (Wildman–Crippen MR) is 84.7 cm³/mol. The summed E-state index contributed by atoms with van der Waals surface area (Å²) in [4.78, 5) is 11.9. The molecular weight excluding hydrogens is 300 g/mol. The van der Waals surface area contributed by atoms with Crippen LogP contribution in [0.2, 0.25) is 0 Å². The Balaban J connectivity index is 1.84. The molecule has 6 heteroatoms. The summed E-state index contributed by atoms with van der Waals surface area (Å²) >= 11 is 0. The number of nitrogens with one attached hydrogen (secondary N) is 2. The summed E-state index contributed by atoms with van der Waals surface area (Å²) in [6.07, 6.45) is 0. The second kappa shape index (κ2) is 7.20. The molecule has 2 N–H and O–H groups in total. The van der Waals surface area contributed by atoms with Crippen molar-refractivity contribution in [3.8, 4) is 0 Å². The van der Waals surface area contributed by atoms with Gasteiger partial charge >= 0.3 is 0 Å². The van der Waals surface area contributed by atoms with Crippen LogP contribution < -0.4 is 10.0 Å². The van der Waals surface area contributed by atoms with Gasteiger partial charge in [0, 0.05) is 6.54 Å². The summed E-state index contributed by atoms with van der Waals surface area (Å²) in [6, 6.07) is 15.7. The Hall–Kier alpha value is -2.18. The Labute approximate surface area is 130 Å². The molecule has 5 nitrogen and oxygen atoms in total. The van der Waals surface area contributed by atoms with E-state index in [0.29, 0.717) is 6.54 Å². The first kappa shape index (κ1) is 16.2. The number of hydrogen-bond donors (Lipinski definition) is 2. The van der Waals surface area contributed by atoms with E-state index >= 15 is 0 Å². The van der Waals surface area contributed by atoms with Crippen LogP contribution in [0.1, 0.15) is 11.1 Å². The molecule has 0 aliphatic rings. The molecule has 0 heterocycles. The molecule has 0 fully saturated rings. The van der Waals surface area contributed by atoms with E-state index < -0.39 is 10.0 Å². The van der Waals surface area contributed by atoms with Crippen LogP contribution in [0.25, 0.3) is 0 Å². The summed E-state index contributed by atoms with van der Waals surface area (Å²) in [7, 11) is -3.65. The van der Waals surface area contributed by atoms with Gasteiger partial charge in [-0.3, -0.25) is 4.79 Å². The zero-order valence-electron chi connectivity index (χ0n) is 12.2. The molecular formula is C16H18N2O3S. The molecule has 0 bridgehead atoms. The van der Waals surface area contributed by atoms with Crippen LogP contribution in [0.3, 0.4) is 0 Å². The summed E-state index contributed by atoms with van der Waals surface area (Å²) in [5, 5.41) is 2.68. The van der Waals surface area contributed by atoms with E-state index in [1.165, 1.54) is 12.1 Å². The Morgan fingerprint density at radius 2 is 1.64 bits per heavy atom. The Morgan fingerprint density at radius 1 is 1.00 bits per heavy atom. The number of carbonyl (C=O) groups excluding carboxylic acids is 1. The van der Waals surface area contributed by atoms with Gasteiger partial charge in [-0.15, -0.1) is 0 Å². The number of aryl methyl sites for hydroxylation is 1. The third-order valence-electron chi connectivity index (χ3n) is 3.09. The number of sulfonamides is 1. The summed E-state index contributed by atoms with van der Waals surface area (Å²) < 4.78 is 26.2. The minimum absolute atomic E-state index is 0.140. The molecule has 0 aliphatic heterocycles. The van der Waals surface area contributed by atoms with Gasteiger partial charge < -0.3 is 5.32 Å². The van der Waals surface area contributed by atoms with Crippen LogP contribution >= 0.6 is 0 Å². The maximum atomic E-state index is 12.0. The molecule has 2 aromatic carbocycles. The van der Waals surface area contributed by atoms with Gasteiger partial charge in [-0.1, -0.05) is 48.0 Å². The highest BCUT2D eigenvalue weighted by Gasteiger charge is 2.14. The fraction of sp³-hybridized carbons (Fsp3) is 0.188. The molecule has 116 valence electrons. The van der Waals surface area contributed by atoms with Gasteiger partial charge in [0.05, 0.1) is 11.4 Å². The molecule has 0 unspecified atom stereocenters. The van der Waals surface area contributed by atoms with E-state index in [-0.39, 0.29) is 17.3 Å². The quantitative estimate of drug-likeness (QED) is 0.849. The number of benzene rings is 2. The Bertz CT molecular complexity index is 726. The molecule has 0 saturated heterocycles. The topological polar surface area (TPSA) is 75.3 Å². The molecule has 2 aromatic rings. The molecule has 2 rings (SSSR count). The molecule has 0 spiro atoms. The highest BCUT2D eigenvalue weighted by Crippen LogP contribution is 2.06. The summed E-state index contributed by atoms with van der Waals surface area (Å²) in [5.41, 5.74) is 2.11. The van der Waals surface area contributed by atoms with Crippen molar-refractivity contribution in [2.45, 2.75) is 18.4 Å². The van der Waals surface area contributed by atoms with Gasteiger partial charge in [0.1, 0.15) is 0 Å². The average Bonchev–Trinajstić information content (AvgIpc) is 2.53. The predicted octanol–water partition coefficient (Wildman–Crippen LogP) is 1.59. The Kier molecular flexibility index (Phi) is 5.30. The summed E-state index contributed by atoms with van der Waals surface area (Å²) in [5.74, 6) is -0.375. The minimum Gasteiger partial charge on any atom is -0.351 e.